The highest BCUT2D eigenvalue weighted by atomic mass is 14.1. The number of fused-ring (bicyclic) bond motifs is 6. The highest BCUT2D eigenvalue weighted by Gasteiger charge is 2.08. The zero-order valence-corrected chi connectivity index (χ0v) is 15.2. The van der Waals surface area contributed by atoms with Gasteiger partial charge in [-0.15, -0.1) is 0 Å². The minimum Gasteiger partial charge on any atom is -0.0616 e. The zero-order chi connectivity index (χ0) is 18.0. The molecule has 0 heterocycles. The fourth-order valence-corrected chi connectivity index (χ4v) is 4.53. The molecule has 6 aromatic rings. The summed E-state index contributed by atoms with van der Waals surface area (Å²) in [5.74, 6) is 0. The van der Waals surface area contributed by atoms with Crippen molar-refractivity contribution in [2.75, 3.05) is 0 Å². The second kappa shape index (κ2) is 5.31. The molecular weight excluding hydrogens is 324 g/mol. The quantitative estimate of drug-likeness (QED) is 0.195. The van der Waals surface area contributed by atoms with Gasteiger partial charge < -0.3 is 0 Å². The van der Waals surface area contributed by atoms with Gasteiger partial charge in [-0.1, -0.05) is 60.7 Å². The van der Waals surface area contributed by atoms with Crippen LogP contribution in [0.3, 0.4) is 0 Å². The standard InChI is InChI=1S/C27H18/c1-17-24-9-5-4-8-20(24)13-23-16-27-22(15-25(17)23)11-10-21-12-18-6-2-3-7-19(18)14-26(21)27/h2-16H,1H3. The molecule has 0 aliphatic carbocycles. The average Bonchev–Trinajstić information content (AvgIpc) is 2.71. The predicted molar refractivity (Wildman–Crippen MR) is 119 cm³/mol. The molecule has 0 bridgehead atoms. The van der Waals surface area contributed by atoms with Crippen molar-refractivity contribution in [1.82, 2.24) is 0 Å². The van der Waals surface area contributed by atoms with Crippen LogP contribution in [0.1, 0.15) is 5.56 Å². The molecule has 0 saturated heterocycles. The van der Waals surface area contributed by atoms with Crippen LogP contribution >= 0.6 is 0 Å². The summed E-state index contributed by atoms with van der Waals surface area (Å²) >= 11 is 0. The van der Waals surface area contributed by atoms with Crippen molar-refractivity contribution in [2.24, 2.45) is 0 Å². The van der Waals surface area contributed by atoms with Crippen LogP contribution in [-0.4, -0.2) is 0 Å². The van der Waals surface area contributed by atoms with Crippen molar-refractivity contribution in [2.45, 2.75) is 6.92 Å². The van der Waals surface area contributed by atoms with E-state index < -0.39 is 0 Å². The van der Waals surface area contributed by atoms with Crippen molar-refractivity contribution < 1.29 is 0 Å². The average molecular weight is 342 g/mol. The van der Waals surface area contributed by atoms with Crippen LogP contribution in [0.25, 0.3) is 53.9 Å². The van der Waals surface area contributed by atoms with Gasteiger partial charge in [0, 0.05) is 0 Å². The largest absolute Gasteiger partial charge is 0.0616 e. The molecule has 126 valence electrons. The third-order valence-electron chi connectivity index (χ3n) is 5.95. The summed E-state index contributed by atoms with van der Waals surface area (Å²) in [6.07, 6.45) is 0. The Hall–Kier alpha value is -3.38. The molecule has 6 aromatic carbocycles. The predicted octanol–water partition coefficient (Wildman–Crippen LogP) is 7.76. The third kappa shape index (κ3) is 2.10. The number of aryl methyl sites for hydroxylation is 1. The number of benzene rings is 6. The van der Waals surface area contributed by atoms with Crippen LogP contribution in [0.5, 0.6) is 0 Å². The number of rotatable bonds is 0. The fourth-order valence-electron chi connectivity index (χ4n) is 4.53. The summed E-state index contributed by atoms with van der Waals surface area (Å²) in [6, 6.07) is 33.5. The van der Waals surface area contributed by atoms with Gasteiger partial charge >= 0.3 is 0 Å². The van der Waals surface area contributed by atoms with E-state index in [1.165, 1.54) is 59.4 Å². The minimum atomic E-state index is 1.30. The van der Waals surface area contributed by atoms with Crippen LogP contribution in [0, 0.1) is 6.92 Å². The molecular formula is C27H18. The van der Waals surface area contributed by atoms with E-state index in [2.05, 4.69) is 97.9 Å². The lowest BCUT2D eigenvalue weighted by molar-refractivity contribution is 1.59. The monoisotopic (exact) mass is 342 g/mol. The lowest BCUT2D eigenvalue weighted by atomic mass is 9.92. The van der Waals surface area contributed by atoms with Gasteiger partial charge in [-0.25, -0.2) is 0 Å². The second-order valence-electron chi connectivity index (χ2n) is 7.50. The Labute approximate surface area is 157 Å². The minimum absolute atomic E-state index is 1.30. The van der Waals surface area contributed by atoms with Gasteiger partial charge in [0.2, 0.25) is 0 Å². The highest BCUT2D eigenvalue weighted by molar-refractivity contribution is 6.17. The van der Waals surface area contributed by atoms with E-state index in [1.54, 1.807) is 0 Å². The molecule has 0 aromatic heterocycles. The van der Waals surface area contributed by atoms with E-state index in [4.69, 9.17) is 0 Å². The van der Waals surface area contributed by atoms with E-state index in [1.807, 2.05) is 0 Å². The fraction of sp³-hybridized carbons (Fsp3) is 0.0370. The summed E-state index contributed by atoms with van der Waals surface area (Å²) < 4.78 is 0. The van der Waals surface area contributed by atoms with Crippen LogP contribution in [0.15, 0.2) is 91.0 Å². The summed E-state index contributed by atoms with van der Waals surface area (Å²) in [7, 11) is 0. The molecule has 0 saturated carbocycles. The number of hydrogen-bond donors (Lipinski definition) is 0. The Balaban J connectivity index is 1.80. The smallest absolute Gasteiger partial charge is 0.00988 e. The maximum absolute atomic E-state index is 2.38. The highest BCUT2D eigenvalue weighted by Crippen LogP contribution is 2.35. The van der Waals surface area contributed by atoms with Crippen LogP contribution in [-0.2, 0) is 0 Å². The summed E-state index contributed by atoms with van der Waals surface area (Å²) in [5.41, 5.74) is 1.36. The molecule has 0 heteroatoms. The van der Waals surface area contributed by atoms with E-state index in [9.17, 15) is 0 Å². The molecule has 0 aliphatic rings. The summed E-state index contributed by atoms with van der Waals surface area (Å²) in [4.78, 5) is 0. The Bertz CT molecular complexity index is 1520. The molecule has 0 aliphatic heterocycles. The topological polar surface area (TPSA) is 0 Å². The van der Waals surface area contributed by atoms with Gasteiger partial charge in [-0.05, 0) is 96.7 Å². The first-order chi connectivity index (χ1) is 13.3. The van der Waals surface area contributed by atoms with Crippen LogP contribution in [0.2, 0.25) is 0 Å². The van der Waals surface area contributed by atoms with Crippen molar-refractivity contribution >= 4 is 53.9 Å². The van der Waals surface area contributed by atoms with Crippen LogP contribution < -0.4 is 0 Å². The van der Waals surface area contributed by atoms with Crippen molar-refractivity contribution in [1.29, 1.82) is 0 Å². The van der Waals surface area contributed by atoms with E-state index in [0.717, 1.165) is 0 Å². The Kier molecular flexibility index (Phi) is 2.90. The Morgan fingerprint density at radius 2 is 0.852 bits per heavy atom. The first-order valence-electron chi connectivity index (χ1n) is 9.45. The molecule has 0 spiro atoms. The Morgan fingerprint density at radius 3 is 1.63 bits per heavy atom. The third-order valence-corrected chi connectivity index (χ3v) is 5.95. The second-order valence-corrected chi connectivity index (χ2v) is 7.50. The van der Waals surface area contributed by atoms with Gasteiger partial charge in [-0.3, -0.25) is 0 Å². The first kappa shape index (κ1) is 14.8. The van der Waals surface area contributed by atoms with Crippen molar-refractivity contribution in [3.8, 4) is 0 Å². The van der Waals surface area contributed by atoms with E-state index >= 15 is 0 Å². The van der Waals surface area contributed by atoms with Gasteiger partial charge in [-0.2, -0.15) is 0 Å². The summed E-state index contributed by atoms with van der Waals surface area (Å²) in [6.45, 7) is 2.24. The van der Waals surface area contributed by atoms with Gasteiger partial charge in [0.05, 0.1) is 0 Å². The molecule has 6 rings (SSSR count). The Morgan fingerprint density at radius 1 is 0.370 bits per heavy atom. The van der Waals surface area contributed by atoms with Crippen molar-refractivity contribution in [3.63, 3.8) is 0 Å². The molecule has 27 heavy (non-hydrogen) atoms. The molecule has 0 N–H and O–H groups in total. The lowest BCUT2D eigenvalue weighted by Crippen LogP contribution is -1.85. The molecule has 0 amide bonds. The van der Waals surface area contributed by atoms with Gasteiger partial charge in [0.15, 0.2) is 0 Å². The molecule has 0 fully saturated rings. The SMILES string of the molecule is Cc1c2ccccc2cc2cc3c(ccc4cc5ccccc5cc43)cc12. The summed E-state index contributed by atoms with van der Waals surface area (Å²) in [5, 5.41) is 13.2. The zero-order valence-electron chi connectivity index (χ0n) is 15.2. The first-order valence-corrected chi connectivity index (χ1v) is 9.45. The normalized spacial score (nSPS) is 11.9. The van der Waals surface area contributed by atoms with Crippen LogP contribution in [0.4, 0.5) is 0 Å². The molecule has 0 unspecified atom stereocenters. The molecule has 0 nitrogen and oxygen atoms in total. The lowest BCUT2D eigenvalue weighted by Gasteiger charge is -2.11. The van der Waals surface area contributed by atoms with E-state index in [-0.39, 0.29) is 0 Å². The molecule has 0 radical (unpaired) electrons. The maximum Gasteiger partial charge on any atom is -0.00988 e. The van der Waals surface area contributed by atoms with Gasteiger partial charge in [0.25, 0.3) is 0 Å². The maximum atomic E-state index is 2.38. The van der Waals surface area contributed by atoms with Crippen molar-refractivity contribution in [3.05, 3.63) is 96.6 Å². The molecule has 0 atom stereocenters. The van der Waals surface area contributed by atoms with Gasteiger partial charge in [0.1, 0.15) is 0 Å². The number of hydrogen-bond acceptors (Lipinski definition) is 0. The van der Waals surface area contributed by atoms with E-state index in [0.29, 0.717) is 0 Å².